The Hall–Kier alpha value is -1.99. The monoisotopic (exact) mass is 290 g/mol. The molecule has 2 N–H and O–H groups in total. The molecule has 0 aliphatic carbocycles. The number of nitrogens with zero attached hydrogens (tertiary/aromatic N) is 3. The zero-order chi connectivity index (χ0) is 15.0. The molecular weight excluding hydrogens is 272 g/mol. The number of hydrogen-bond acceptors (Lipinski definition) is 5. The van der Waals surface area contributed by atoms with E-state index in [1.54, 1.807) is 15.9 Å². The SMILES string of the molecule is Cc1nc(N2C[C@H](N)CC2=O)ccc1N1CCOCC1=O. The quantitative estimate of drug-likeness (QED) is 0.816. The van der Waals surface area contributed by atoms with Crippen molar-refractivity contribution < 1.29 is 14.3 Å². The third kappa shape index (κ3) is 2.62. The Morgan fingerprint density at radius 2 is 2.10 bits per heavy atom. The summed E-state index contributed by atoms with van der Waals surface area (Å²) in [5.41, 5.74) is 7.28. The highest BCUT2D eigenvalue weighted by Gasteiger charge is 2.29. The number of rotatable bonds is 2. The van der Waals surface area contributed by atoms with E-state index < -0.39 is 0 Å². The van der Waals surface area contributed by atoms with E-state index in [2.05, 4.69) is 4.98 Å². The van der Waals surface area contributed by atoms with Crippen molar-refractivity contribution in [2.24, 2.45) is 5.73 Å². The fourth-order valence-corrected chi connectivity index (χ4v) is 2.71. The van der Waals surface area contributed by atoms with Crippen LogP contribution in [0.4, 0.5) is 11.5 Å². The molecule has 1 aromatic rings. The van der Waals surface area contributed by atoms with E-state index in [1.807, 2.05) is 13.0 Å². The maximum atomic E-state index is 11.9. The highest BCUT2D eigenvalue weighted by Crippen LogP contribution is 2.25. The Kier molecular flexibility index (Phi) is 3.60. The van der Waals surface area contributed by atoms with E-state index in [1.165, 1.54) is 0 Å². The lowest BCUT2D eigenvalue weighted by molar-refractivity contribution is -0.125. The minimum absolute atomic E-state index is 0.00963. The van der Waals surface area contributed by atoms with Gasteiger partial charge in [0.25, 0.3) is 5.91 Å². The molecular formula is C14H18N4O3. The first kappa shape index (κ1) is 14.0. The number of aromatic nitrogens is 1. The molecule has 0 saturated carbocycles. The second-order valence-electron chi connectivity index (χ2n) is 5.34. The Morgan fingerprint density at radius 3 is 2.71 bits per heavy atom. The average molecular weight is 290 g/mol. The van der Waals surface area contributed by atoms with Gasteiger partial charge in [-0.2, -0.15) is 0 Å². The average Bonchev–Trinajstić information content (AvgIpc) is 2.79. The van der Waals surface area contributed by atoms with Crippen LogP contribution in [0.3, 0.4) is 0 Å². The summed E-state index contributed by atoms with van der Waals surface area (Å²) in [7, 11) is 0. The number of anilines is 2. The number of morpholine rings is 1. The van der Waals surface area contributed by atoms with Crippen molar-refractivity contribution >= 4 is 23.3 Å². The molecule has 7 heteroatoms. The second-order valence-corrected chi connectivity index (χ2v) is 5.34. The number of amides is 2. The highest BCUT2D eigenvalue weighted by atomic mass is 16.5. The third-order valence-electron chi connectivity index (χ3n) is 3.75. The van der Waals surface area contributed by atoms with Crippen molar-refractivity contribution in [2.45, 2.75) is 19.4 Å². The van der Waals surface area contributed by atoms with E-state index in [0.29, 0.717) is 31.9 Å². The van der Waals surface area contributed by atoms with Crippen LogP contribution in [0, 0.1) is 6.92 Å². The summed E-state index contributed by atoms with van der Waals surface area (Å²) in [4.78, 5) is 31.5. The van der Waals surface area contributed by atoms with Crippen LogP contribution in [-0.4, -0.2) is 49.1 Å². The zero-order valence-corrected chi connectivity index (χ0v) is 11.9. The Labute approximate surface area is 122 Å². The topological polar surface area (TPSA) is 88.8 Å². The molecule has 1 atom stereocenters. The number of carbonyl (C=O) groups excluding carboxylic acids is 2. The summed E-state index contributed by atoms with van der Waals surface area (Å²) in [6.07, 6.45) is 0.352. The van der Waals surface area contributed by atoms with Gasteiger partial charge < -0.3 is 15.4 Å². The third-order valence-corrected chi connectivity index (χ3v) is 3.75. The van der Waals surface area contributed by atoms with Gasteiger partial charge in [0.1, 0.15) is 12.4 Å². The number of nitrogens with two attached hydrogens (primary N) is 1. The van der Waals surface area contributed by atoms with Crippen molar-refractivity contribution in [2.75, 3.05) is 36.1 Å². The molecule has 2 aliphatic heterocycles. The van der Waals surface area contributed by atoms with Crippen LogP contribution >= 0.6 is 0 Å². The Balaban J connectivity index is 1.86. The molecule has 0 bridgehead atoms. The lowest BCUT2D eigenvalue weighted by atomic mass is 10.2. The fraction of sp³-hybridized carbons (Fsp3) is 0.500. The molecule has 3 heterocycles. The number of carbonyl (C=O) groups is 2. The summed E-state index contributed by atoms with van der Waals surface area (Å²) >= 11 is 0. The van der Waals surface area contributed by atoms with Crippen LogP contribution in [-0.2, 0) is 14.3 Å². The smallest absolute Gasteiger partial charge is 0.253 e. The van der Waals surface area contributed by atoms with Crippen LogP contribution in [0.25, 0.3) is 0 Å². The first-order chi connectivity index (χ1) is 10.1. The van der Waals surface area contributed by atoms with Gasteiger partial charge in [-0.3, -0.25) is 14.5 Å². The molecule has 0 unspecified atom stereocenters. The second kappa shape index (κ2) is 5.42. The van der Waals surface area contributed by atoms with Gasteiger partial charge in [0.15, 0.2) is 0 Å². The molecule has 112 valence electrons. The van der Waals surface area contributed by atoms with Gasteiger partial charge in [-0.05, 0) is 19.1 Å². The molecule has 1 aromatic heterocycles. The molecule has 0 spiro atoms. The van der Waals surface area contributed by atoms with Crippen LogP contribution in [0.5, 0.6) is 0 Å². The maximum Gasteiger partial charge on any atom is 0.253 e. The minimum atomic E-state index is -0.139. The van der Waals surface area contributed by atoms with Crippen LogP contribution in [0.1, 0.15) is 12.1 Å². The molecule has 2 saturated heterocycles. The van der Waals surface area contributed by atoms with Crippen molar-refractivity contribution in [3.05, 3.63) is 17.8 Å². The summed E-state index contributed by atoms with van der Waals surface area (Å²) in [6.45, 7) is 3.46. The van der Waals surface area contributed by atoms with Gasteiger partial charge in [-0.15, -0.1) is 0 Å². The maximum absolute atomic E-state index is 11.9. The molecule has 2 aliphatic rings. The summed E-state index contributed by atoms with van der Waals surface area (Å²) in [6, 6.07) is 3.46. The lowest BCUT2D eigenvalue weighted by Gasteiger charge is -2.28. The largest absolute Gasteiger partial charge is 0.370 e. The summed E-state index contributed by atoms with van der Waals surface area (Å²) < 4.78 is 5.13. The Bertz CT molecular complexity index is 590. The van der Waals surface area contributed by atoms with Gasteiger partial charge in [-0.25, -0.2) is 4.98 Å². The fourth-order valence-electron chi connectivity index (χ4n) is 2.71. The van der Waals surface area contributed by atoms with Crippen LogP contribution in [0.2, 0.25) is 0 Å². The normalized spacial score (nSPS) is 23.0. The molecule has 2 amide bonds. The zero-order valence-electron chi connectivity index (χ0n) is 11.9. The molecule has 0 aromatic carbocycles. The number of ether oxygens (including phenoxy) is 1. The van der Waals surface area contributed by atoms with Gasteiger partial charge in [-0.1, -0.05) is 0 Å². The van der Waals surface area contributed by atoms with Crippen molar-refractivity contribution in [3.63, 3.8) is 0 Å². The molecule has 21 heavy (non-hydrogen) atoms. The number of pyridine rings is 1. The van der Waals surface area contributed by atoms with Crippen molar-refractivity contribution in [1.82, 2.24) is 4.98 Å². The van der Waals surface area contributed by atoms with E-state index >= 15 is 0 Å². The van der Waals surface area contributed by atoms with Gasteiger partial charge >= 0.3 is 0 Å². The van der Waals surface area contributed by atoms with Gasteiger partial charge in [0, 0.05) is 25.6 Å². The molecule has 3 rings (SSSR count). The molecule has 7 nitrogen and oxygen atoms in total. The predicted molar refractivity (Wildman–Crippen MR) is 77.1 cm³/mol. The summed E-state index contributed by atoms with van der Waals surface area (Å²) in [5.74, 6) is 0.512. The van der Waals surface area contributed by atoms with Crippen molar-refractivity contribution in [3.8, 4) is 0 Å². The first-order valence-electron chi connectivity index (χ1n) is 6.98. The number of aryl methyl sites for hydroxylation is 1. The minimum Gasteiger partial charge on any atom is -0.370 e. The lowest BCUT2D eigenvalue weighted by Crippen LogP contribution is -2.42. The van der Waals surface area contributed by atoms with E-state index in [-0.39, 0.29) is 24.5 Å². The van der Waals surface area contributed by atoms with E-state index in [4.69, 9.17) is 10.5 Å². The summed E-state index contributed by atoms with van der Waals surface area (Å²) in [5, 5.41) is 0. The van der Waals surface area contributed by atoms with Crippen molar-refractivity contribution in [1.29, 1.82) is 0 Å². The molecule has 2 fully saturated rings. The highest BCUT2D eigenvalue weighted by molar-refractivity contribution is 5.97. The van der Waals surface area contributed by atoms with Crippen LogP contribution in [0.15, 0.2) is 12.1 Å². The van der Waals surface area contributed by atoms with E-state index in [9.17, 15) is 9.59 Å². The van der Waals surface area contributed by atoms with Gasteiger partial charge in [0.05, 0.1) is 18.0 Å². The predicted octanol–water partition coefficient (Wildman–Crippen LogP) is -0.183. The first-order valence-corrected chi connectivity index (χ1v) is 6.98. The van der Waals surface area contributed by atoms with Gasteiger partial charge in [0.2, 0.25) is 5.91 Å². The standard InChI is InChI=1S/C14H18N4O3/c1-9-11(17-4-5-21-8-14(17)20)2-3-12(16-9)18-7-10(15)6-13(18)19/h2-3,10H,4-8,15H2,1H3/t10-/m1/s1. The van der Waals surface area contributed by atoms with E-state index in [0.717, 1.165) is 11.4 Å². The molecule has 0 radical (unpaired) electrons. The number of hydrogen-bond donors (Lipinski definition) is 1. The van der Waals surface area contributed by atoms with Crippen LogP contribution < -0.4 is 15.5 Å². The Morgan fingerprint density at radius 1 is 1.29 bits per heavy atom.